The molecular weight excluding hydrogens is 342 g/mol. The van der Waals surface area contributed by atoms with E-state index >= 15 is 0 Å². The van der Waals surface area contributed by atoms with Crippen LogP contribution in [-0.2, 0) is 4.79 Å². The number of hydrogen-bond acceptors (Lipinski definition) is 4. The SMILES string of the molecule is CC(=O)c1ccc(NC(=O)[C@@H](C)[NH+]2CCN(c3ccccc3O)CC2)cc1. The first-order chi connectivity index (χ1) is 13.0. The standard InChI is InChI=1S/C21H25N3O3/c1-15(21(27)22-18-9-7-17(8-10-18)16(2)25)23-11-13-24(14-12-23)19-5-3-4-6-20(19)26/h3-10,15,26H,11-14H2,1-2H3,(H,22,27)/p+1/t15-/m1/s1. The highest BCUT2D eigenvalue weighted by Crippen LogP contribution is 2.26. The molecule has 0 aromatic heterocycles. The predicted molar refractivity (Wildman–Crippen MR) is 106 cm³/mol. The Morgan fingerprint density at radius 2 is 1.70 bits per heavy atom. The molecule has 1 amide bonds. The summed E-state index contributed by atoms with van der Waals surface area (Å²) in [6, 6.07) is 14.1. The van der Waals surface area contributed by atoms with Crippen LogP contribution >= 0.6 is 0 Å². The maximum atomic E-state index is 12.6. The van der Waals surface area contributed by atoms with E-state index in [4.69, 9.17) is 0 Å². The summed E-state index contributed by atoms with van der Waals surface area (Å²) in [6.45, 7) is 6.69. The summed E-state index contributed by atoms with van der Waals surface area (Å²) < 4.78 is 0. The first-order valence-electron chi connectivity index (χ1n) is 9.25. The van der Waals surface area contributed by atoms with Crippen LogP contribution in [0, 0.1) is 0 Å². The van der Waals surface area contributed by atoms with Gasteiger partial charge in [0.25, 0.3) is 5.91 Å². The third-order valence-electron chi connectivity index (χ3n) is 5.19. The Hall–Kier alpha value is -2.86. The molecule has 1 saturated heterocycles. The van der Waals surface area contributed by atoms with E-state index in [1.807, 2.05) is 25.1 Å². The lowest BCUT2D eigenvalue weighted by molar-refractivity contribution is -0.914. The monoisotopic (exact) mass is 368 g/mol. The van der Waals surface area contributed by atoms with Crippen molar-refractivity contribution in [3.63, 3.8) is 0 Å². The zero-order valence-corrected chi connectivity index (χ0v) is 15.7. The molecule has 1 fully saturated rings. The molecule has 6 nitrogen and oxygen atoms in total. The van der Waals surface area contributed by atoms with Crippen molar-refractivity contribution in [1.82, 2.24) is 0 Å². The topological polar surface area (TPSA) is 74.1 Å². The van der Waals surface area contributed by atoms with Crippen molar-refractivity contribution in [3.05, 3.63) is 54.1 Å². The Morgan fingerprint density at radius 1 is 1.07 bits per heavy atom. The highest BCUT2D eigenvalue weighted by Gasteiger charge is 2.29. The largest absolute Gasteiger partial charge is 0.506 e. The van der Waals surface area contributed by atoms with Gasteiger partial charge in [-0.3, -0.25) is 9.59 Å². The third kappa shape index (κ3) is 4.46. The van der Waals surface area contributed by atoms with Gasteiger partial charge in [0.15, 0.2) is 11.8 Å². The van der Waals surface area contributed by atoms with E-state index in [0.717, 1.165) is 31.9 Å². The molecule has 27 heavy (non-hydrogen) atoms. The first kappa shape index (κ1) is 18.9. The Balaban J connectivity index is 1.55. The van der Waals surface area contributed by atoms with E-state index in [1.165, 1.54) is 11.8 Å². The molecule has 0 saturated carbocycles. The van der Waals surface area contributed by atoms with Gasteiger partial charge in [-0.2, -0.15) is 0 Å². The van der Waals surface area contributed by atoms with Crippen LogP contribution in [0.1, 0.15) is 24.2 Å². The van der Waals surface area contributed by atoms with Crippen LogP contribution < -0.4 is 15.1 Å². The number of quaternary nitrogens is 1. The molecule has 0 radical (unpaired) electrons. The van der Waals surface area contributed by atoms with Crippen molar-refractivity contribution in [2.24, 2.45) is 0 Å². The summed E-state index contributed by atoms with van der Waals surface area (Å²) in [5, 5.41) is 12.9. The number of hydrogen-bond donors (Lipinski definition) is 3. The summed E-state index contributed by atoms with van der Waals surface area (Å²) >= 11 is 0. The fraction of sp³-hybridized carbons (Fsp3) is 0.333. The fourth-order valence-corrected chi connectivity index (χ4v) is 3.42. The lowest BCUT2D eigenvalue weighted by Gasteiger charge is -2.36. The number of para-hydroxylation sites is 2. The minimum absolute atomic E-state index is 0.00742. The van der Waals surface area contributed by atoms with Crippen molar-refractivity contribution in [3.8, 4) is 5.75 Å². The quantitative estimate of drug-likeness (QED) is 0.696. The van der Waals surface area contributed by atoms with Gasteiger partial charge in [0.1, 0.15) is 5.75 Å². The fourth-order valence-electron chi connectivity index (χ4n) is 3.42. The minimum atomic E-state index is -0.177. The van der Waals surface area contributed by atoms with E-state index in [2.05, 4.69) is 10.2 Å². The number of aromatic hydroxyl groups is 1. The molecule has 0 bridgehead atoms. The van der Waals surface area contributed by atoms with Gasteiger partial charge in [0, 0.05) is 11.3 Å². The molecule has 142 valence electrons. The Bertz CT molecular complexity index is 812. The molecule has 0 spiro atoms. The van der Waals surface area contributed by atoms with Crippen LogP contribution in [0.2, 0.25) is 0 Å². The van der Waals surface area contributed by atoms with Gasteiger partial charge < -0.3 is 20.2 Å². The summed E-state index contributed by atoms with van der Waals surface area (Å²) in [7, 11) is 0. The van der Waals surface area contributed by atoms with Crippen molar-refractivity contribution < 1.29 is 19.6 Å². The van der Waals surface area contributed by atoms with Gasteiger partial charge in [-0.15, -0.1) is 0 Å². The molecule has 3 N–H and O–H groups in total. The van der Waals surface area contributed by atoms with Gasteiger partial charge in [0.05, 0.1) is 31.9 Å². The highest BCUT2D eigenvalue weighted by atomic mass is 16.3. The van der Waals surface area contributed by atoms with E-state index in [9.17, 15) is 14.7 Å². The molecule has 0 unspecified atom stereocenters. The van der Waals surface area contributed by atoms with Crippen LogP contribution in [0.25, 0.3) is 0 Å². The number of piperazine rings is 1. The maximum Gasteiger partial charge on any atom is 0.282 e. The maximum absolute atomic E-state index is 12.6. The molecule has 1 heterocycles. The summed E-state index contributed by atoms with van der Waals surface area (Å²) in [5.41, 5.74) is 2.18. The van der Waals surface area contributed by atoms with E-state index in [0.29, 0.717) is 17.0 Å². The molecule has 1 atom stereocenters. The Labute approximate surface area is 159 Å². The zero-order valence-electron chi connectivity index (χ0n) is 15.7. The van der Waals surface area contributed by atoms with Crippen molar-refractivity contribution in [1.29, 1.82) is 0 Å². The lowest BCUT2D eigenvalue weighted by atomic mass is 10.1. The molecule has 0 aliphatic carbocycles. The normalized spacial score (nSPS) is 16.0. The minimum Gasteiger partial charge on any atom is -0.506 e. The van der Waals surface area contributed by atoms with Crippen molar-refractivity contribution >= 4 is 23.1 Å². The van der Waals surface area contributed by atoms with E-state index in [-0.39, 0.29) is 17.7 Å². The lowest BCUT2D eigenvalue weighted by Crippen LogP contribution is -3.19. The molecule has 3 rings (SSSR count). The van der Waals surface area contributed by atoms with Crippen molar-refractivity contribution in [2.75, 3.05) is 36.4 Å². The zero-order chi connectivity index (χ0) is 19.4. The van der Waals surface area contributed by atoms with Gasteiger partial charge >= 0.3 is 0 Å². The molecule has 6 heteroatoms. The number of Topliss-reactive ketones (excluding diaryl/α,β-unsaturated/α-hetero) is 1. The molecular formula is C21H26N3O3+. The van der Waals surface area contributed by atoms with Crippen LogP contribution in [0.4, 0.5) is 11.4 Å². The van der Waals surface area contributed by atoms with Crippen LogP contribution in [0.5, 0.6) is 5.75 Å². The van der Waals surface area contributed by atoms with Crippen molar-refractivity contribution in [2.45, 2.75) is 19.9 Å². The van der Waals surface area contributed by atoms with Gasteiger partial charge in [0.2, 0.25) is 0 Å². The number of nitrogens with zero attached hydrogens (tertiary/aromatic N) is 1. The number of benzene rings is 2. The second-order valence-corrected chi connectivity index (χ2v) is 6.98. The number of rotatable bonds is 5. The third-order valence-corrected chi connectivity index (χ3v) is 5.19. The first-order valence-corrected chi connectivity index (χ1v) is 9.25. The Kier molecular flexibility index (Phi) is 5.76. The molecule has 1 aliphatic rings. The van der Waals surface area contributed by atoms with E-state index < -0.39 is 0 Å². The van der Waals surface area contributed by atoms with Crippen LogP contribution in [0.3, 0.4) is 0 Å². The average Bonchev–Trinajstić information content (AvgIpc) is 2.68. The Morgan fingerprint density at radius 3 is 2.30 bits per heavy atom. The summed E-state index contributed by atoms with van der Waals surface area (Å²) in [6.07, 6.45) is 0. The number of carbonyl (C=O) groups is 2. The summed E-state index contributed by atoms with van der Waals surface area (Å²) in [4.78, 5) is 27.3. The number of carbonyl (C=O) groups excluding carboxylic acids is 2. The van der Waals surface area contributed by atoms with E-state index in [1.54, 1.807) is 30.3 Å². The van der Waals surface area contributed by atoms with Crippen LogP contribution in [-0.4, -0.2) is 49.0 Å². The number of nitrogens with one attached hydrogen (secondary N) is 2. The number of phenols is 1. The number of ketones is 1. The average molecular weight is 368 g/mol. The number of anilines is 2. The van der Waals surface area contributed by atoms with Gasteiger partial charge in [-0.25, -0.2) is 0 Å². The molecule has 2 aromatic carbocycles. The molecule has 2 aromatic rings. The number of amides is 1. The van der Waals surface area contributed by atoms with Gasteiger partial charge in [-0.05, 0) is 50.2 Å². The highest BCUT2D eigenvalue weighted by molar-refractivity contribution is 5.96. The second-order valence-electron chi connectivity index (χ2n) is 6.98. The summed E-state index contributed by atoms with van der Waals surface area (Å²) in [5.74, 6) is 0.269. The smallest absolute Gasteiger partial charge is 0.282 e. The van der Waals surface area contributed by atoms with Gasteiger partial charge in [-0.1, -0.05) is 12.1 Å². The predicted octanol–water partition coefficient (Wildman–Crippen LogP) is 1.33. The molecule has 1 aliphatic heterocycles. The number of phenolic OH excluding ortho intramolecular Hbond substituents is 1. The second kappa shape index (κ2) is 8.22. The van der Waals surface area contributed by atoms with Crippen LogP contribution in [0.15, 0.2) is 48.5 Å².